The molecule has 4 N–H and O–H groups in total. The van der Waals surface area contributed by atoms with E-state index in [2.05, 4.69) is 0 Å². The molecule has 98 valence electrons. The van der Waals surface area contributed by atoms with Gasteiger partial charge in [0, 0.05) is 25.2 Å². The van der Waals surface area contributed by atoms with E-state index in [1.807, 2.05) is 4.90 Å². The molecule has 1 fully saturated rings. The van der Waals surface area contributed by atoms with Crippen LogP contribution in [-0.2, 0) is 6.54 Å². The van der Waals surface area contributed by atoms with Gasteiger partial charge in [-0.3, -0.25) is 4.90 Å². The molecule has 1 aromatic rings. The number of hydrogen-bond donors (Lipinski definition) is 3. The molecule has 1 saturated heterocycles. The molecule has 4 nitrogen and oxygen atoms in total. The number of benzene rings is 1. The molecule has 2 unspecified atom stereocenters. The smallest absolute Gasteiger partial charge is 0.124 e. The number of aliphatic hydroxyl groups is 2. The molecule has 0 aliphatic carbocycles. The van der Waals surface area contributed by atoms with Gasteiger partial charge in [-0.05, 0) is 23.8 Å². The van der Waals surface area contributed by atoms with E-state index >= 15 is 0 Å². The van der Waals surface area contributed by atoms with Crippen molar-refractivity contribution >= 4 is 17.2 Å². The molecule has 1 aliphatic rings. The van der Waals surface area contributed by atoms with Crippen molar-refractivity contribution in [1.82, 2.24) is 4.90 Å². The SMILES string of the molecule is NC(=S)c1cc(F)cc(CN2CC(O)C(O)C2)c1. The Morgan fingerprint density at radius 3 is 2.50 bits per heavy atom. The van der Waals surface area contributed by atoms with Crippen molar-refractivity contribution in [2.45, 2.75) is 18.8 Å². The first-order valence-electron chi connectivity index (χ1n) is 5.63. The molecule has 0 radical (unpaired) electrons. The molecule has 2 atom stereocenters. The van der Waals surface area contributed by atoms with Crippen molar-refractivity contribution in [2.24, 2.45) is 5.73 Å². The highest BCUT2D eigenvalue weighted by Gasteiger charge is 2.29. The fourth-order valence-electron chi connectivity index (χ4n) is 2.12. The number of aliphatic hydroxyl groups excluding tert-OH is 2. The van der Waals surface area contributed by atoms with Gasteiger partial charge in [-0.1, -0.05) is 12.2 Å². The summed E-state index contributed by atoms with van der Waals surface area (Å²) in [5.74, 6) is -0.393. The van der Waals surface area contributed by atoms with Crippen molar-refractivity contribution in [2.75, 3.05) is 13.1 Å². The van der Waals surface area contributed by atoms with Gasteiger partial charge in [-0.25, -0.2) is 4.39 Å². The van der Waals surface area contributed by atoms with E-state index < -0.39 is 18.0 Å². The lowest BCUT2D eigenvalue weighted by Crippen LogP contribution is -2.22. The van der Waals surface area contributed by atoms with E-state index in [-0.39, 0.29) is 4.99 Å². The van der Waals surface area contributed by atoms with E-state index in [1.165, 1.54) is 12.1 Å². The quantitative estimate of drug-likeness (QED) is 0.674. The van der Waals surface area contributed by atoms with Crippen molar-refractivity contribution in [3.63, 3.8) is 0 Å². The van der Waals surface area contributed by atoms with Gasteiger partial charge in [0.2, 0.25) is 0 Å². The minimum absolute atomic E-state index is 0.150. The Labute approximate surface area is 110 Å². The van der Waals surface area contributed by atoms with E-state index in [9.17, 15) is 14.6 Å². The van der Waals surface area contributed by atoms with Crippen LogP contribution in [0.1, 0.15) is 11.1 Å². The molecule has 0 aromatic heterocycles. The maximum absolute atomic E-state index is 13.4. The zero-order valence-corrected chi connectivity index (χ0v) is 10.5. The first kappa shape index (κ1) is 13.4. The molecule has 1 heterocycles. The van der Waals surface area contributed by atoms with E-state index in [0.717, 1.165) is 5.56 Å². The summed E-state index contributed by atoms with van der Waals surface area (Å²) in [7, 11) is 0. The normalized spacial score (nSPS) is 24.4. The Morgan fingerprint density at radius 1 is 1.33 bits per heavy atom. The van der Waals surface area contributed by atoms with E-state index in [1.54, 1.807) is 6.07 Å². The first-order valence-corrected chi connectivity index (χ1v) is 6.04. The molecule has 6 heteroatoms. The van der Waals surface area contributed by atoms with Gasteiger partial charge in [-0.15, -0.1) is 0 Å². The van der Waals surface area contributed by atoms with Gasteiger partial charge >= 0.3 is 0 Å². The topological polar surface area (TPSA) is 69.7 Å². The lowest BCUT2D eigenvalue weighted by atomic mass is 10.1. The van der Waals surface area contributed by atoms with Gasteiger partial charge < -0.3 is 15.9 Å². The van der Waals surface area contributed by atoms with Crippen LogP contribution in [0.3, 0.4) is 0 Å². The van der Waals surface area contributed by atoms with Crippen LogP contribution >= 0.6 is 12.2 Å². The highest BCUT2D eigenvalue weighted by molar-refractivity contribution is 7.80. The van der Waals surface area contributed by atoms with Crippen molar-refractivity contribution in [3.8, 4) is 0 Å². The molecule has 0 spiro atoms. The molecule has 18 heavy (non-hydrogen) atoms. The molecule has 1 aliphatic heterocycles. The second-order valence-corrected chi connectivity index (χ2v) is 4.98. The van der Waals surface area contributed by atoms with E-state index in [4.69, 9.17) is 18.0 Å². The molecule has 0 amide bonds. The zero-order chi connectivity index (χ0) is 13.3. The fourth-order valence-corrected chi connectivity index (χ4v) is 2.24. The molecular weight excluding hydrogens is 255 g/mol. The molecule has 1 aromatic carbocycles. The Balaban J connectivity index is 2.12. The van der Waals surface area contributed by atoms with Crippen LogP contribution in [0, 0.1) is 5.82 Å². The Hall–Kier alpha value is -1.08. The van der Waals surface area contributed by atoms with Gasteiger partial charge in [0.25, 0.3) is 0 Å². The largest absolute Gasteiger partial charge is 0.389 e. The summed E-state index contributed by atoms with van der Waals surface area (Å²) in [6, 6.07) is 4.42. The van der Waals surface area contributed by atoms with Gasteiger partial charge in [-0.2, -0.15) is 0 Å². The summed E-state index contributed by atoms with van der Waals surface area (Å²) in [6.45, 7) is 1.20. The number of nitrogens with two attached hydrogens (primary N) is 1. The zero-order valence-electron chi connectivity index (χ0n) is 9.71. The third-order valence-corrected chi connectivity index (χ3v) is 3.22. The predicted molar refractivity (Wildman–Crippen MR) is 69.6 cm³/mol. The maximum Gasteiger partial charge on any atom is 0.124 e. The second kappa shape index (κ2) is 5.27. The highest BCUT2D eigenvalue weighted by atomic mass is 32.1. The first-order chi connectivity index (χ1) is 8.45. The van der Waals surface area contributed by atoms with Crippen molar-refractivity contribution in [3.05, 3.63) is 35.1 Å². The summed E-state index contributed by atoms with van der Waals surface area (Å²) < 4.78 is 13.4. The Kier molecular flexibility index (Phi) is 3.91. The summed E-state index contributed by atoms with van der Waals surface area (Å²) in [5, 5.41) is 18.9. The van der Waals surface area contributed by atoms with Crippen LogP contribution in [0.25, 0.3) is 0 Å². The number of halogens is 1. The van der Waals surface area contributed by atoms with Crippen LogP contribution in [0.4, 0.5) is 4.39 Å². The molecule has 2 rings (SSSR count). The third kappa shape index (κ3) is 3.02. The monoisotopic (exact) mass is 270 g/mol. The number of nitrogens with zero attached hydrogens (tertiary/aromatic N) is 1. The van der Waals surface area contributed by atoms with Crippen molar-refractivity contribution in [1.29, 1.82) is 0 Å². The van der Waals surface area contributed by atoms with Crippen LogP contribution in [-0.4, -0.2) is 45.4 Å². The molecule has 0 saturated carbocycles. The van der Waals surface area contributed by atoms with Crippen LogP contribution in [0.15, 0.2) is 18.2 Å². The van der Waals surface area contributed by atoms with Crippen LogP contribution in [0.2, 0.25) is 0 Å². The minimum atomic E-state index is -0.742. The predicted octanol–water partition coefficient (Wildman–Crippen LogP) is -0.00270. The Bertz CT molecular complexity index is 459. The van der Waals surface area contributed by atoms with E-state index in [0.29, 0.717) is 25.2 Å². The van der Waals surface area contributed by atoms with Gasteiger partial charge in [0.15, 0.2) is 0 Å². The number of rotatable bonds is 3. The van der Waals surface area contributed by atoms with Crippen molar-refractivity contribution < 1.29 is 14.6 Å². The standard InChI is InChI=1S/C12H15FN2O2S/c13-9-2-7(1-8(3-9)12(14)18)4-15-5-10(16)11(17)6-15/h1-3,10-11,16-17H,4-6H2,(H2,14,18). The summed E-state index contributed by atoms with van der Waals surface area (Å²) in [4.78, 5) is 2.00. The second-order valence-electron chi connectivity index (χ2n) is 4.54. The highest BCUT2D eigenvalue weighted by Crippen LogP contribution is 2.16. The average molecular weight is 270 g/mol. The maximum atomic E-state index is 13.4. The number of thiocarbonyl (C=S) groups is 1. The van der Waals surface area contributed by atoms with Gasteiger partial charge in [0.05, 0.1) is 12.2 Å². The number of β-amino-alcohol motifs (C(OH)–C–C–N with tert-alkyl or cyclic N) is 2. The van der Waals surface area contributed by atoms with Crippen LogP contribution < -0.4 is 5.73 Å². The summed E-state index contributed by atoms with van der Waals surface area (Å²) in [5.41, 5.74) is 6.68. The third-order valence-electron chi connectivity index (χ3n) is 2.98. The fraction of sp³-hybridized carbons (Fsp3) is 0.417. The summed E-state index contributed by atoms with van der Waals surface area (Å²) in [6.07, 6.45) is -1.48. The van der Waals surface area contributed by atoms with Gasteiger partial charge in [0.1, 0.15) is 10.8 Å². The number of hydrogen-bond acceptors (Lipinski definition) is 4. The van der Waals surface area contributed by atoms with Crippen LogP contribution in [0.5, 0.6) is 0 Å². The lowest BCUT2D eigenvalue weighted by Gasteiger charge is -2.15. The average Bonchev–Trinajstić information content (AvgIpc) is 2.56. The molecule has 0 bridgehead atoms. The minimum Gasteiger partial charge on any atom is -0.389 e. The lowest BCUT2D eigenvalue weighted by molar-refractivity contribution is 0.0572. The molecular formula is C12H15FN2O2S. The Morgan fingerprint density at radius 2 is 1.94 bits per heavy atom. The summed E-state index contributed by atoms with van der Waals surface area (Å²) >= 11 is 4.82. The number of likely N-dealkylation sites (tertiary alicyclic amines) is 1.